The van der Waals surface area contributed by atoms with Gasteiger partial charge in [0.1, 0.15) is 5.82 Å². The summed E-state index contributed by atoms with van der Waals surface area (Å²) < 4.78 is 1.44. The van der Waals surface area contributed by atoms with Crippen molar-refractivity contribution in [1.82, 2.24) is 9.55 Å². The summed E-state index contributed by atoms with van der Waals surface area (Å²) in [5.74, 6) is 0.555. The van der Waals surface area contributed by atoms with Crippen molar-refractivity contribution in [2.75, 3.05) is 0 Å². The Kier molecular flexibility index (Phi) is 2.69. The third kappa shape index (κ3) is 1.60. The van der Waals surface area contributed by atoms with Crippen LogP contribution in [-0.2, 0) is 7.05 Å². The molecule has 0 saturated carbocycles. The molecule has 0 aliphatic carbocycles. The van der Waals surface area contributed by atoms with E-state index < -0.39 is 0 Å². The van der Waals surface area contributed by atoms with Crippen molar-refractivity contribution < 1.29 is 0 Å². The molecule has 0 bridgehead atoms. The maximum Gasteiger partial charge on any atom is 0.262 e. The van der Waals surface area contributed by atoms with Gasteiger partial charge < -0.3 is 5.73 Å². The van der Waals surface area contributed by atoms with Crippen LogP contribution in [-0.4, -0.2) is 9.55 Å². The van der Waals surface area contributed by atoms with Crippen molar-refractivity contribution in [3.05, 3.63) is 39.4 Å². The monoisotopic (exact) mass is 237 g/mol. The molecule has 0 unspecified atom stereocenters. The van der Waals surface area contributed by atoms with Crippen LogP contribution in [0.15, 0.2) is 23.0 Å². The van der Waals surface area contributed by atoms with E-state index >= 15 is 0 Å². The van der Waals surface area contributed by atoms with Crippen LogP contribution in [0.1, 0.15) is 18.8 Å². The topological polar surface area (TPSA) is 60.9 Å². The van der Waals surface area contributed by atoms with Gasteiger partial charge in [-0.15, -0.1) is 0 Å². The van der Waals surface area contributed by atoms with Gasteiger partial charge in [0.2, 0.25) is 0 Å². The SMILES string of the molecule is C[C@H](N)c1nc2cccc(Cl)c2c(=O)n1C. The van der Waals surface area contributed by atoms with Gasteiger partial charge in [0.05, 0.1) is 22.0 Å². The van der Waals surface area contributed by atoms with Gasteiger partial charge in [0, 0.05) is 7.05 Å². The first kappa shape index (κ1) is 11.1. The lowest BCUT2D eigenvalue weighted by Gasteiger charge is -2.12. The fourth-order valence-electron chi connectivity index (χ4n) is 1.70. The van der Waals surface area contributed by atoms with Crippen LogP contribution >= 0.6 is 11.6 Å². The number of benzene rings is 1. The summed E-state index contributed by atoms with van der Waals surface area (Å²) in [6.07, 6.45) is 0. The zero-order valence-electron chi connectivity index (χ0n) is 9.07. The maximum absolute atomic E-state index is 12.1. The Hall–Kier alpha value is -1.39. The smallest absolute Gasteiger partial charge is 0.262 e. The van der Waals surface area contributed by atoms with Crippen molar-refractivity contribution >= 4 is 22.5 Å². The second kappa shape index (κ2) is 3.88. The lowest BCUT2D eigenvalue weighted by atomic mass is 10.2. The molecule has 0 spiro atoms. The van der Waals surface area contributed by atoms with Crippen molar-refractivity contribution in [3.63, 3.8) is 0 Å². The number of rotatable bonds is 1. The number of aromatic nitrogens is 2. The second-order valence-electron chi connectivity index (χ2n) is 3.76. The lowest BCUT2D eigenvalue weighted by molar-refractivity contribution is 0.656. The van der Waals surface area contributed by atoms with Gasteiger partial charge in [-0.3, -0.25) is 9.36 Å². The minimum Gasteiger partial charge on any atom is -0.322 e. The molecule has 2 N–H and O–H groups in total. The van der Waals surface area contributed by atoms with Gasteiger partial charge in [-0.1, -0.05) is 17.7 Å². The molecular weight excluding hydrogens is 226 g/mol. The van der Waals surface area contributed by atoms with Crippen LogP contribution in [0.2, 0.25) is 5.02 Å². The highest BCUT2D eigenvalue weighted by Gasteiger charge is 2.12. The van der Waals surface area contributed by atoms with Gasteiger partial charge in [0.25, 0.3) is 5.56 Å². The lowest BCUT2D eigenvalue weighted by Crippen LogP contribution is -2.26. The number of halogens is 1. The van der Waals surface area contributed by atoms with Crippen LogP contribution in [0.25, 0.3) is 10.9 Å². The third-order valence-electron chi connectivity index (χ3n) is 2.50. The van der Waals surface area contributed by atoms with Crippen LogP contribution < -0.4 is 11.3 Å². The Morgan fingerprint density at radius 2 is 2.19 bits per heavy atom. The van der Waals surface area contributed by atoms with E-state index in [2.05, 4.69) is 4.98 Å². The summed E-state index contributed by atoms with van der Waals surface area (Å²) in [4.78, 5) is 16.4. The second-order valence-corrected chi connectivity index (χ2v) is 4.16. The van der Waals surface area contributed by atoms with E-state index in [1.807, 2.05) is 0 Å². The fourth-order valence-corrected chi connectivity index (χ4v) is 1.95. The van der Waals surface area contributed by atoms with Gasteiger partial charge in [0.15, 0.2) is 0 Å². The first-order valence-corrected chi connectivity index (χ1v) is 5.31. The van der Waals surface area contributed by atoms with Crippen LogP contribution in [0.3, 0.4) is 0 Å². The molecule has 4 nitrogen and oxygen atoms in total. The molecule has 16 heavy (non-hydrogen) atoms. The van der Waals surface area contributed by atoms with E-state index in [9.17, 15) is 4.79 Å². The first-order valence-electron chi connectivity index (χ1n) is 4.93. The summed E-state index contributed by atoms with van der Waals surface area (Å²) >= 11 is 5.98. The van der Waals surface area contributed by atoms with Gasteiger partial charge in [-0.05, 0) is 19.1 Å². The number of hydrogen-bond acceptors (Lipinski definition) is 3. The molecule has 2 rings (SSSR count). The maximum atomic E-state index is 12.1. The van der Waals surface area contributed by atoms with Gasteiger partial charge in [-0.2, -0.15) is 0 Å². The van der Waals surface area contributed by atoms with E-state index in [1.54, 1.807) is 32.2 Å². The normalized spacial score (nSPS) is 13.0. The Morgan fingerprint density at radius 1 is 1.50 bits per heavy atom. The van der Waals surface area contributed by atoms with Crippen molar-refractivity contribution in [3.8, 4) is 0 Å². The van der Waals surface area contributed by atoms with Crippen molar-refractivity contribution in [2.45, 2.75) is 13.0 Å². The number of nitrogens with two attached hydrogens (primary N) is 1. The highest BCUT2D eigenvalue weighted by atomic mass is 35.5. The number of hydrogen-bond donors (Lipinski definition) is 1. The predicted molar refractivity (Wildman–Crippen MR) is 64.6 cm³/mol. The molecule has 0 fully saturated rings. The summed E-state index contributed by atoms with van der Waals surface area (Å²) in [5.41, 5.74) is 6.18. The van der Waals surface area contributed by atoms with Gasteiger partial charge >= 0.3 is 0 Å². The Labute approximate surface area is 97.7 Å². The molecule has 1 aromatic heterocycles. The molecule has 5 heteroatoms. The number of fused-ring (bicyclic) bond motifs is 1. The van der Waals surface area contributed by atoms with E-state index in [0.29, 0.717) is 21.7 Å². The quantitative estimate of drug-likeness (QED) is 0.820. The van der Waals surface area contributed by atoms with E-state index in [4.69, 9.17) is 17.3 Å². The van der Waals surface area contributed by atoms with Gasteiger partial charge in [-0.25, -0.2) is 4.98 Å². The van der Waals surface area contributed by atoms with Crippen LogP contribution in [0.5, 0.6) is 0 Å². The third-order valence-corrected chi connectivity index (χ3v) is 2.81. The molecule has 84 valence electrons. The van der Waals surface area contributed by atoms with E-state index in [-0.39, 0.29) is 11.6 Å². The highest BCUT2D eigenvalue weighted by molar-refractivity contribution is 6.35. The summed E-state index contributed by atoms with van der Waals surface area (Å²) in [6.45, 7) is 1.79. The van der Waals surface area contributed by atoms with Crippen LogP contribution in [0.4, 0.5) is 0 Å². The van der Waals surface area contributed by atoms with Crippen molar-refractivity contribution in [2.24, 2.45) is 12.8 Å². The van der Waals surface area contributed by atoms with E-state index in [1.165, 1.54) is 4.57 Å². The molecule has 0 amide bonds. The molecule has 0 saturated heterocycles. The fraction of sp³-hybridized carbons (Fsp3) is 0.273. The summed E-state index contributed by atoms with van der Waals surface area (Å²) in [7, 11) is 1.65. The standard InChI is InChI=1S/C11H12ClN3O/c1-6(13)10-14-8-5-3-4-7(12)9(8)11(16)15(10)2/h3-6H,13H2,1-2H3/t6-/m0/s1. The number of nitrogens with zero attached hydrogens (tertiary/aromatic N) is 2. The minimum absolute atomic E-state index is 0.164. The molecule has 1 atom stereocenters. The highest BCUT2D eigenvalue weighted by Crippen LogP contribution is 2.19. The zero-order chi connectivity index (χ0) is 11.9. The molecule has 0 radical (unpaired) electrons. The van der Waals surface area contributed by atoms with Crippen LogP contribution in [0, 0.1) is 0 Å². The largest absolute Gasteiger partial charge is 0.322 e. The Morgan fingerprint density at radius 3 is 2.81 bits per heavy atom. The molecule has 0 aliphatic heterocycles. The van der Waals surface area contributed by atoms with E-state index in [0.717, 1.165) is 0 Å². The predicted octanol–water partition coefficient (Wildman–Crippen LogP) is 1.61. The molecule has 2 aromatic rings. The molecule has 0 aliphatic rings. The summed E-state index contributed by atoms with van der Waals surface area (Å²) in [6, 6.07) is 4.91. The Bertz CT molecular complexity index is 604. The molecular formula is C11H12ClN3O. The van der Waals surface area contributed by atoms with Crippen molar-refractivity contribution in [1.29, 1.82) is 0 Å². The average Bonchev–Trinajstić information content (AvgIpc) is 2.22. The first-order chi connectivity index (χ1) is 7.52. The molecule has 1 heterocycles. The molecule has 1 aromatic carbocycles. The average molecular weight is 238 g/mol. The summed E-state index contributed by atoms with van der Waals surface area (Å²) in [5, 5.41) is 0.859. The zero-order valence-corrected chi connectivity index (χ0v) is 9.82. The minimum atomic E-state index is -0.291. The Balaban J connectivity index is 2.95.